The van der Waals surface area contributed by atoms with Crippen LogP contribution in [0, 0.1) is 35.0 Å². The monoisotopic (exact) mass is 372 g/mol. The number of carbonyl (C=O) groups excluding carboxylic acids is 1. The van der Waals surface area contributed by atoms with Crippen molar-refractivity contribution in [3.05, 3.63) is 23.8 Å². The number of allylic oxidation sites excluding steroid dienone is 1. The van der Waals surface area contributed by atoms with E-state index in [0.717, 1.165) is 44.6 Å². The van der Waals surface area contributed by atoms with Crippen molar-refractivity contribution in [2.24, 2.45) is 35.0 Å². The molecule has 7 atom stereocenters. The van der Waals surface area contributed by atoms with Crippen molar-refractivity contribution in [3.63, 3.8) is 0 Å². The van der Waals surface area contributed by atoms with Crippen molar-refractivity contribution in [3.8, 4) is 0 Å². The van der Waals surface area contributed by atoms with Gasteiger partial charge in [0.1, 0.15) is 0 Å². The number of ketones is 1. The Hall–Kier alpha value is -1.42. The normalized spacial score (nSPS) is 46.6. The number of aliphatic carboxylic acids is 1. The predicted molar refractivity (Wildman–Crippen MR) is 103 cm³/mol. The fraction of sp³-hybridized carbons (Fsp3) is 0.739. The van der Waals surface area contributed by atoms with Gasteiger partial charge in [-0.15, -0.1) is 0 Å². The molecule has 0 aromatic rings. The maximum absolute atomic E-state index is 12.0. The summed E-state index contributed by atoms with van der Waals surface area (Å²) in [7, 11) is 0. The lowest BCUT2D eigenvalue weighted by atomic mass is 9.48. The zero-order chi connectivity index (χ0) is 19.4. The topological polar surface area (TPSA) is 74.6 Å². The molecule has 0 amide bonds. The summed E-state index contributed by atoms with van der Waals surface area (Å²) in [6.07, 6.45) is 12.1. The van der Waals surface area contributed by atoms with Crippen LogP contribution in [0.25, 0.3) is 0 Å². The number of hydrogen-bond acceptors (Lipinski definition) is 3. The summed E-state index contributed by atoms with van der Waals surface area (Å²) in [6, 6.07) is 0. The molecule has 0 bridgehead atoms. The van der Waals surface area contributed by atoms with E-state index in [1.54, 1.807) is 6.08 Å². The lowest BCUT2D eigenvalue weighted by Crippen LogP contribution is -2.54. The van der Waals surface area contributed by atoms with E-state index in [1.807, 2.05) is 6.08 Å². The maximum Gasteiger partial charge on any atom is 0.328 e. The number of carboxylic acid groups (broad SMARTS) is 1. The molecule has 4 aliphatic carbocycles. The van der Waals surface area contributed by atoms with Crippen LogP contribution < -0.4 is 0 Å². The van der Waals surface area contributed by atoms with Crippen molar-refractivity contribution in [1.82, 2.24) is 0 Å². The van der Waals surface area contributed by atoms with Crippen LogP contribution in [0.3, 0.4) is 0 Å². The average Bonchev–Trinajstić information content (AvgIpc) is 2.90. The van der Waals surface area contributed by atoms with E-state index >= 15 is 0 Å². The van der Waals surface area contributed by atoms with Crippen LogP contribution in [0.1, 0.15) is 65.2 Å². The summed E-state index contributed by atoms with van der Waals surface area (Å²) in [5, 5.41) is 20.5. The van der Waals surface area contributed by atoms with Crippen LogP contribution in [0.5, 0.6) is 0 Å². The van der Waals surface area contributed by atoms with Crippen LogP contribution >= 0.6 is 0 Å². The molecule has 0 aromatic heterocycles. The van der Waals surface area contributed by atoms with Crippen molar-refractivity contribution in [1.29, 1.82) is 0 Å². The molecular formula is C23H32O4. The van der Waals surface area contributed by atoms with E-state index in [1.165, 1.54) is 5.57 Å². The fourth-order valence-electron chi connectivity index (χ4n) is 7.33. The average molecular weight is 373 g/mol. The maximum atomic E-state index is 12.0. The van der Waals surface area contributed by atoms with Gasteiger partial charge in [-0.2, -0.15) is 0 Å². The largest absolute Gasteiger partial charge is 0.478 e. The van der Waals surface area contributed by atoms with Crippen molar-refractivity contribution in [2.45, 2.75) is 70.8 Å². The first kappa shape index (κ1) is 18.9. The Bertz CT molecular complexity index is 707. The van der Waals surface area contributed by atoms with Gasteiger partial charge in [-0.1, -0.05) is 25.8 Å². The SMILES string of the molecule is CC[C@@H]1CC2=CC(=O)CC[C@@H]2[C@H]2CC[C@@]3(C)[C@@H](CC[C@@]3(O)/C=C\C(=O)O)[C@H]12. The second-order valence-corrected chi connectivity index (χ2v) is 9.64. The van der Waals surface area contributed by atoms with Gasteiger partial charge in [0.05, 0.1) is 5.60 Å². The Kier molecular flexibility index (Phi) is 4.61. The van der Waals surface area contributed by atoms with E-state index in [2.05, 4.69) is 13.8 Å². The number of aliphatic hydroxyl groups is 1. The molecule has 0 spiro atoms. The Morgan fingerprint density at radius 1 is 1.30 bits per heavy atom. The van der Waals surface area contributed by atoms with Gasteiger partial charge in [-0.25, -0.2) is 4.79 Å². The molecule has 0 aliphatic heterocycles. The predicted octanol–water partition coefficient (Wildman–Crippen LogP) is 4.14. The van der Waals surface area contributed by atoms with Crippen LogP contribution in [-0.4, -0.2) is 27.6 Å². The molecule has 3 saturated carbocycles. The highest BCUT2D eigenvalue weighted by Crippen LogP contribution is 2.66. The zero-order valence-corrected chi connectivity index (χ0v) is 16.5. The van der Waals surface area contributed by atoms with Gasteiger partial charge >= 0.3 is 5.97 Å². The zero-order valence-electron chi connectivity index (χ0n) is 16.5. The van der Waals surface area contributed by atoms with Crippen molar-refractivity contribution in [2.75, 3.05) is 0 Å². The molecular weight excluding hydrogens is 340 g/mol. The van der Waals surface area contributed by atoms with Crippen LogP contribution in [0.4, 0.5) is 0 Å². The Morgan fingerprint density at radius 3 is 2.78 bits per heavy atom. The van der Waals surface area contributed by atoms with Gasteiger partial charge < -0.3 is 10.2 Å². The molecule has 0 aromatic carbocycles. The fourth-order valence-corrected chi connectivity index (χ4v) is 7.33. The molecule has 4 aliphatic rings. The highest BCUT2D eigenvalue weighted by molar-refractivity contribution is 5.91. The molecule has 3 fully saturated rings. The highest BCUT2D eigenvalue weighted by Gasteiger charge is 2.62. The summed E-state index contributed by atoms with van der Waals surface area (Å²) < 4.78 is 0. The molecule has 4 heteroatoms. The Morgan fingerprint density at radius 2 is 2.07 bits per heavy atom. The first-order valence-electron chi connectivity index (χ1n) is 10.7. The minimum atomic E-state index is -1.02. The molecule has 4 rings (SSSR count). The third-order valence-corrected chi connectivity index (χ3v) is 8.71. The lowest BCUT2D eigenvalue weighted by molar-refractivity contribution is -0.132. The second kappa shape index (κ2) is 6.58. The number of hydrogen-bond donors (Lipinski definition) is 2. The van der Waals surface area contributed by atoms with Crippen molar-refractivity contribution >= 4 is 11.8 Å². The Labute approximate surface area is 161 Å². The second-order valence-electron chi connectivity index (χ2n) is 9.64. The minimum Gasteiger partial charge on any atom is -0.478 e. The summed E-state index contributed by atoms with van der Waals surface area (Å²) in [6.45, 7) is 4.44. The molecule has 0 heterocycles. The molecule has 2 N–H and O–H groups in total. The van der Waals surface area contributed by atoms with Gasteiger partial charge in [-0.05, 0) is 80.3 Å². The Balaban J connectivity index is 1.68. The number of rotatable bonds is 3. The first-order valence-corrected chi connectivity index (χ1v) is 10.7. The summed E-state index contributed by atoms with van der Waals surface area (Å²) in [4.78, 5) is 23.0. The number of fused-ring (bicyclic) bond motifs is 5. The quantitative estimate of drug-likeness (QED) is 0.730. The van der Waals surface area contributed by atoms with E-state index in [9.17, 15) is 14.7 Å². The summed E-state index contributed by atoms with van der Waals surface area (Å²) >= 11 is 0. The van der Waals surface area contributed by atoms with Gasteiger partial charge in [0.2, 0.25) is 0 Å². The molecule has 0 radical (unpaired) electrons. The third-order valence-electron chi connectivity index (χ3n) is 8.71. The van der Waals surface area contributed by atoms with E-state index in [-0.39, 0.29) is 5.41 Å². The summed E-state index contributed by atoms with van der Waals surface area (Å²) in [5.41, 5.74) is 0.124. The molecule has 27 heavy (non-hydrogen) atoms. The van der Waals surface area contributed by atoms with Gasteiger partial charge in [0, 0.05) is 17.9 Å². The van der Waals surface area contributed by atoms with E-state index in [0.29, 0.717) is 48.2 Å². The minimum absolute atomic E-state index is 0.251. The molecule has 4 nitrogen and oxygen atoms in total. The number of carboxylic acids is 1. The van der Waals surface area contributed by atoms with Gasteiger partial charge in [-0.3, -0.25) is 4.79 Å². The molecule has 148 valence electrons. The van der Waals surface area contributed by atoms with Crippen LogP contribution in [0.15, 0.2) is 23.8 Å². The van der Waals surface area contributed by atoms with Crippen molar-refractivity contribution < 1.29 is 19.8 Å². The first-order chi connectivity index (χ1) is 12.8. The molecule has 0 saturated heterocycles. The highest BCUT2D eigenvalue weighted by atomic mass is 16.4. The molecule has 0 unspecified atom stereocenters. The van der Waals surface area contributed by atoms with Crippen LogP contribution in [-0.2, 0) is 9.59 Å². The standard InChI is InChI=1S/C23H32O4/c1-3-14-12-15-13-16(24)4-5-17(15)18-6-9-22(2)19(21(14)18)7-10-23(22,27)11-8-20(25)26/h8,11,13-14,17-19,21,27H,3-7,9-10,12H2,1-2H3,(H,25,26)/b11-8-/t14-,17+,18-,19+,21-,22+,23-/m1/s1. The summed E-state index contributed by atoms with van der Waals surface area (Å²) in [5.74, 6) is 2.05. The lowest BCUT2D eigenvalue weighted by Gasteiger charge is -2.57. The van der Waals surface area contributed by atoms with Gasteiger partial charge in [0.15, 0.2) is 5.78 Å². The smallest absolute Gasteiger partial charge is 0.328 e. The van der Waals surface area contributed by atoms with Gasteiger partial charge in [0.25, 0.3) is 0 Å². The van der Waals surface area contributed by atoms with E-state index in [4.69, 9.17) is 5.11 Å². The van der Waals surface area contributed by atoms with E-state index < -0.39 is 11.6 Å². The van der Waals surface area contributed by atoms with Crippen LogP contribution in [0.2, 0.25) is 0 Å². The third kappa shape index (κ3) is 2.83. The number of carbonyl (C=O) groups is 2.